The predicted molar refractivity (Wildman–Crippen MR) is 68.7 cm³/mol. The van der Waals surface area contributed by atoms with Gasteiger partial charge >= 0.3 is 0 Å². The van der Waals surface area contributed by atoms with Crippen LogP contribution < -0.4 is 5.32 Å². The standard InChI is InChI=1S/C13H25N3O/c1-10(2)15-8-5-4-6-12(15)16-9-7-14-11(3)13(16)17/h10-12,14H,4-9H2,1-3H3. The van der Waals surface area contributed by atoms with Gasteiger partial charge in [-0.1, -0.05) is 0 Å². The third-order valence-electron chi connectivity index (χ3n) is 3.99. The largest absolute Gasteiger partial charge is 0.324 e. The summed E-state index contributed by atoms with van der Waals surface area (Å²) in [7, 11) is 0. The zero-order valence-electron chi connectivity index (χ0n) is 11.3. The molecule has 0 radical (unpaired) electrons. The van der Waals surface area contributed by atoms with Crippen LogP contribution in [0.2, 0.25) is 0 Å². The van der Waals surface area contributed by atoms with Crippen LogP contribution >= 0.6 is 0 Å². The minimum absolute atomic E-state index is 0.0142. The minimum atomic E-state index is -0.0142. The summed E-state index contributed by atoms with van der Waals surface area (Å²) in [4.78, 5) is 16.8. The Bertz CT molecular complexity index is 280. The van der Waals surface area contributed by atoms with Gasteiger partial charge in [0.2, 0.25) is 5.91 Å². The summed E-state index contributed by atoms with van der Waals surface area (Å²) < 4.78 is 0. The van der Waals surface area contributed by atoms with Crippen molar-refractivity contribution in [3.05, 3.63) is 0 Å². The van der Waals surface area contributed by atoms with E-state index in [0.29, 0.717) is 12.2 Å². The maximum Gasteiger partial charge on any atom is 0.240 e. The van der Waals surface area contributed by atoms with Crippen LogP contribution in [0.1, 0.15) is 40.0 Å². The number of likely N-dealkylation sites (tertiary alicyclic amines) is 1. The molecule has 0 aromatic rings. The fourth-order valence-electron chi connectivity index (χ4n) is 3.02. The van der Waals surface area contributed by atoms with Gasteiger partial charge in [-0.25, -0.2) is 0 Å². The highest BCUT2D eigenvalue weighted by Gasteiger charge is 2.35. The van der Waals surface area contributed by atoms with Crippen LogP contribution in [0.5, 0.6) is 0 Å². The van der Waals surface area contributed by atoms with Crippen molar-refractivity contribution < 1.29 is 4.79 Å². The Morgan fingerprint density at radius 2 is 2.06 bits per heavy atom. The molecule has 2 atom stereocenters. The van der Waals surface area contributed by atoms with E-state index in [1.54, 1.807) is 0 Å². The lowest BCUT2D eigenvalue weighted by Gasteiger charge is -2.47. The topological polar surface area (TPSA) is 35.6 Å². The molecule has 2 unspecified atom stereocenters. The number of carbonyl (C=O) groups is 1. The normalized spacial score (nSPS) is 32.2. The third-order valence-corrected chi connectivity index (χ3v) is 3.99. The van der Waals surface area contributed by atoms with Crippen LogP contribution in [-0.4, -0.2) is 53.6 Å². The molecule has 2 saturated heterocycles. The first-order valence-electron chi connectivity index (χ1n) is 6.91. The van der Waals surface area contributed by atoms with E-state index in [4.69, 9.17) is 0 Å². The van der Waals surface area contributed by atoms with E-state index < -0.39 is 0 Å². The molecule has 1 N–H and O–H groups in total. The fraction of sp³-hybridized carbons (Fsp3) is 0.923. The highest BCUT2D eigenvalue weighted by molar-refractivity contribution is 5.82. The molecule has 4 heteroatoms. The molecule has 2 heterocycles. The molecular formula is C13H25N3O. The maximum absolute atomic E-state index is 12.2. The number of amides is 1. The lowest BCUT2D eigenvalue weighted by atomic mass is 10.0. The molecule has 0 spiro atoms. The summed E-state index contributed by atoms with van der Waals surface area (Å²) >= 11 is 0. The summed E-state index contributed by atoms with van der Waals surface area (Å²) in [6.07, 6.45) is 3.99. The maximum atomic E-state index is 12.2. The van der Waals surface area contributed by atoms with Crippen molar-refractivity contribution in [3.8, 4) is 0 Å². The van der Waals surface area contributed by atoms with Crippen LogP contribution in [0.3, 0.4) is 0 Å². The van der Waals surface area contributed by atoms with Crippen LogP contribution in [0, 0.1) is 0 Å². The number of nitrogens with one attached hydrogen (secondary N) is 1. The first kappa shape index (κ1) is 12.8. The van der Waals surface area contributed by atoms with E-state index in [9.17, 15) is 4.79 Å². The van der Waals surface area contributed by atoms with E-state index in [-0.39, 0.29) is 11.9 Å². The number of hydrogen-bond acceptors (Lipinski definition) is 3. The van der Waals surface area contributed by atoms with Crippen molar-refractivity contribution in [2.75, 3.05) is 19.6 Å². The van der Waals surface area contributed by atoms with E-state index in [0.717, 1.165) is 26.1 Å². The Labute approximate surface area is 104 Å². The summed E-state index contributed by atoms with van der Waals surface area (Å²) in [6, 6.07) is 0.512. The summed E-state index contributed by atoms with van der Waals surface area (Å²) in [5.74, 6) is 0.272. The number of rotatable bonds is 2. The molecule has 2 rings (SSSR count). The summed E-state index contributed by atoms with van der Waals surface area (Å²) in [5, 5.41) is 3.24. The SMILES string of the molecule is CC1NCCN(C2CCCCN2C(C)C)C1=O. The van der Waals surface area contributed by atoms with Crippen LogP contribution in [-0.2, 0) is 4.79 Å². The molecule has 98 valence electrons. The van der Waals surface area contributed by atoms with Crippen LogP contribution in [0.25, 0.3) is 0 Å². The molecule has 4 nitrogen and oxygen atoms in total. The summed E-state index contributed by atoms with van der Waals surface area (Å²) in [6.45, 7) is 9.35. The highest BCUT2D eigenvalue weighted by atomic mass is 16.2. The number of carbonyl (C=O) groups excluding carboxylic acids is 1. The van der Waals surface area contributed by atoms with E-state index >= 15 is 0 Å². The van der Waals surface area contributed by atoms with E-state index in [1.165, 1.54) is 12.8 Å². The number of hydrogen-bond donors (Lipinski definition) is 1. The molecule has 0 bridgehead atoms. The molecule has 2 aliphatic heterocycles. The van der Waals surface area contributed by atoms with Gasteiger partial charge in [-0.05, 0) is 40.0 Å². The van der Waals surface area contributed by atoms with Crippen LogP contribution in [0.15, 0.2) is 0 Å². The third kappa shape index (κ3) is 2.63. The Morgan fingerprint density at radius 3 is 2.76 bits per heavy atom. The van der Waals surface area contributed by atoms with Gasteiger partial charge in [0.05, 0.1) is 12.2 Å². The smallest absolute Gasteiger partial charge is 0.240 e. The van der Waals surface area contributed by atoms with Crippen molar-refractivity contribution in [1.29, 1.82) is 0 Å². The average molecular weight is 239 g/mol. The van der Waals surface area contributed by atoms with Crippen molar-refractivity contribution in [1.82, 2.24) is 15.1 Å². The van der Waals surface area contributed by atoms with Crippen molar-refractivity contribution in [2.24, 2.45) is 0 Å². The van der Waals surface area contributed by atoms with Crippen molar-refractivity contribution in [2.45, 2.75) is 58.3 Å². The second-order valence-electron chi connectivity index (χ2n) is 5.52. The van der Waals surface area contributed by atoms with Gasteiger partial charge in [0.1, 0.15) is 0 Å². The molecule has 2 aliphatic rings. The quantitative estimate of drug-likeness (QED) is 0.782. The van der Waals surface area contributed by atoms with Gasteiger partial charge in [0, 0.05) is 25.7 Å². The Balaban J connectivity index is 2.10. The second kappa shape index (κ2) is 5.36. The average Bonchev–Trinajstić information content (AvgIpc) is 2.33. The lowest BCUT2D eigenvalue weighted by Crippen LogP contribution is -2.62. The molecule has 0 saturated carbocycles. The molecule has 0 aliphatic carbocycles. The monoisotopic (exact) mass is 239 g/mol. The molecular weight excluding hydrogens is 214 g/mol. The minimum Gasteiger partial charge on any atom is -0.324 e. The van der Waals surface area contributed by atoms with Gasteiger partial charge in [-0.3, -0.25) is 9.69 Å². The van der Waals surface area contributed by atoms with Gasteiger partial charge in [0.15, 0.2) is 0 Å². The van der Waals surface area contributed by atoms with E-state index in [1.807, 2.05) is 6.92 Å². The van der Waals surface area contributed by atoms with Gasteiger partial charge < -0.3 is 10.2 Å². The Morgan fingerprint density at radius 1 is 1.29 bits per heavy atom. The zero-order valence-corrected chi connectivity index (χ0v) is 11.3. The molecule has 0 aromatic heterocycles. The first-order valence-corrected chi connectivity index (χ1v) is 6.91. The number of piperazine rings is 1. The number of piperidine rings is 1. The molecule has 0 aromatic carbocycles. The molecule has 2 fully saturated rings. The van der Waals surface area contributed by atoms with Crippen molar-refractivity contribution >= 4 is 5.91 Å². The second-order valence-corrected chi connectivity index (χ2v) is 5.52. The first-order chi connectivity index (χ1) is 8.11. The summed E-state index contributed by atoms with van der Waals surface area (Å²) in [5.41, 5.74) is 0. The van der Waals surface area contributed by atoms with Gasteiger partial charge in [-0.15, -0.1) is 0 Å². The van der Waals surface area contributed by atoms with Gasteiger partial charge in [-0.2, -0.15) is 0 Å². The predicted octanol–water partition coefficient (Wildman–Crippen LogP) is 1.03. The lowest BCUT2D eigenvalue weighted by molar-refractivity contribution is -0.145. The van der Waals surface area contributed by atoms with Gasteiger partial charge in [0.25, 0.3) is 0 Å². The molecule has 1 amide bonds. The highest BCUT2D eigenvalue weighted by Crippen LogP contribution is 2.23. The Hall–Kier alpha value is -0.610. The van der Waals surface area contributed by atoms with Crippen LogP contribution in [0.4, 0.5) is 0 Å². The van der Waals surface area contributed by atoms with E-state index in [2.05, 4.69) is 29.0 Å². The fourth-order valence-corrected chi connectivity index (χ4v) is 3.02. The van der Waals surface area contributed by atoms with Crippen molar-refractivity contribution in [3.63, 3.8) is 0 Å². The molecule has 17 heavy (non-hydrogen) atoms. The Kier molecular flexibility index (Phi) is 4.05. The zero-order chi connectivity index (χ0) is 12.4. The number of nitrogens with zero attached hydrogens (tertiary/aromatic N) is 2.